The topological polar surface area (TPSA) is 26.0 Å². The highest BCUT2D eigenvalue weighted by Gasteiger charge is 2.11. The molecule has 2 aromatic rings. The first-order valence-corrected chi connectivity index (χ1v) is 6.62. The van der Waals surface area contributed by atoms with E-state index >= 15 is 0 Å². The van der Waals surface area contributed by atoms with Gasteiger partial charge in [-0.3, -0.25) is 0 Å². The van der Waals surface area contributed by atoms with Gasteiger partial charge in [0.05, 0.1) is 11.1 Å². The van der Waals surface area contributed by atoms with E-state index in [4.69, 9.17) is 17.3 Å². The van der Waals surface area contributed by atoms with Crippen molar-refractivity contribution in [2.24, 2.45) is 5.73 Å². The quantitative estimate of drug-likeness (QED) is 0.856. The highest BCUT2D eigenvalue weighted by atomic mass is 79.9. The Kier molecular flexibility index (Phi) is 4.05. The van der Waals surface area contributed by atoms with Crippen LogP contribution in [0.1, 0.15) is 22.7 Å². The van der Waals surface area contributed by atoms with E-state index in [2.05, 4.69) is 15.9 Å². The van der Waals surface area contributed by atoms with Crippen molar-refractivity contribution in [3.8, 4) is 0 Å². The number of rotatable bonds is 2. The van der Waals surface area contributed by atoms with Gasteiger partial charge in [0.2, 0.25) is 0 Å². The molecule has 0 fully saturated rings. The molecular weight excluding hydrogens is 317 g/mol. The van der Waals surface area contributed by atoms with Crippen molar-refractivity contribution in [1.29, 1.82) is 0 Å². The van der Waals surface area contributed by atoms with E-state index < -0.39 is 0 Å². The van der Waals surface area contributed by atoms with Crippen LogP contribution in [0.4, 0.5) is 4.39 Å². The predicted octanol–water partition coefficient (Wildman–Crippen LogP) is 4.60. The molecule has 0 radical (unpaired) electrons. The Balaban J connectivity index is 2.37. The molecule has 94 valence electrons. The van der Waals surface area contributed by atoms with Gasteiger partial charge in [-0.2, -0.15) is 0 Å². The number of aryl methyl sites for hydroxylation is 1. The van der Waals surface area contributed by atoms with E-state index in [1.165, 1.54) is 6.07 Å². The Morgan fingerprint density at radius 2 is 1.78 bits per heavy atom. The summed E-state index contributed by atoms with van der Waals surface area (Å²) < 4.78 is 14.0. The molecule has 0 aliphatic carbocycles. The molecule has 0 aliphatic heterocycles. The summed E-state index contributed by atoms with van der Waals surface area (Å²) in [4.78, 5) is 0. The largest absolute Gasteiger partial charge is 0.320 e. The molecule has 1 nitrogen and oxygen atoms in total. The van der Waals surface area contributed by atoms with Gasteiger partial charge >= 0.3 is 0 Å². The van der Waals surface area contributed by atoms with E-state index in [-0.39, 0.29) is 11.9 Å². The lowest BCUT2D eigenvalue weighted by Crippen LogP contribution is -2.12. The number of halogens is 3. The maximum Gasteiger partial charge on any atom is 0.126 e. The van der Waals surface area contributed by atoms with E-state index in [0.717, 1.165) is 15.6 Å². The fourth-order valence-corrected chi connectivity index (χ4v) is 2.20. The maximum atomic E-state index is 13.2. The molecular formula is C14H12BrClFN. The lowest BCUT2D eigenvalue weighted by Gasteiger charge is -2.14. The average molecular weight is 329 g/mol. The zero-order valence-corrected chi connectivity index (χ0v) is 12.1. The normalized spacial score (nSPS) is 12.5. The lowest BCUT2D eigenvalue weighted by molar-refractivity contribution is 0.617. The van der Waals surface area contributed by atoms with Gasteiger partial charge in [0.15, 0.2) is 0 Å². The van der Waals surface area contributed by atoms with E-state index in [1.54, 1.807) is 19.1 Å². The van der Waals surface area contributed by atoms with Gasteiger partial charge in [-0.1, -0.05) is 29.8 Å². The van der Waals surface area contributed by atoms with Crippen molar-refractivity contribution in [2.75, 3.05) is 0 Å². The molecule has 0 bridgehead atoms. The summed E-state index contributed by atoms with van der Waals surface area (Å²) in [6.45, 7) is 1.72. The van der Waals surface area contributed by atoms with Crippen molar-refractivity contribution >= 4 is 27.5 Å². The first-order chi connectivity index (χ1) is 8.49. The third-order valence-corrected chi connectivity index (χ3v) is 4.08. The molecule has 0 aliphatic rings. The van der Waals surface area contributed by atoms with Crippen LogP contribution in [-0.4, -0.2) is 0 Å². The van der Waals surface area contributed by atoms with Gasteiger partial charge in [-0.05, 0) is 57.7 Å². The van der Waals surface area contributed by atoms with Gasteiger partial charge in [0.25, 0.3) is 0 Å². The molecule has 0 spiro atoms. The second-order valence-electron chi connectivity index (χ2n) is 4.16. The minimum Gasteiger partial charge on any atom is -0.320 e. The minimum absolute atomic E-state index is 0.222. The monoisotopic (exact) mass is 327 g/mol. The number of hydrogen-bond donors (Lipinski definition) is 1. The molecule has 2 N–H and O–H groups in total. The molecule has 0 amide bonds. The maximum absolute atomic E-state index is 13.2. The molecule has 0 saturated carbocycles. The van der Waals surface area contributed by atoms with Crippen LogP contribution in [0.15, 0.2) is 40.9 Å². The van der Waals surface area contributed by atoms with Crippen molar-refractivity contribution in [3.63, 3.8) is 0 Å². The average Bonchev–Trinajstić information content (AvgIpc) is 2.35. The van der Waals surface area contributed by atoms with Crippen LogP contribution < -0.4 is 5.73 Å². The first-order valence-electron chi connectivity index (χ1n) is 5.45. The SMILES string of the molecule is Cc1cc(C(N)c2ccc(Br)c(Cl)c2)ccc1F. The third-order valence-electron chi connectivity index (χ3n) is 2.84. The second kappa shape index (κ2) is 5.39. The van der Waals surface area contributed by atoms with Crippen LogP contribution in [0.5, 0.6) is 0 Å². The minimum atomic E-state index is -0.310. The molecule has 1 unspecified atom stereocenters. The first kappa shape index (κ1) is 13.5. The summed E-state index contributed by atoms with van der Waals surface area (Å²) >= 11 is 9.37. The summed E-state index contributed by atoms with van der Waals surface area (Å²) in [7, 11) is 0. The fourth-order valence-electron chi connectivity index (χ4n) is 1.76. The Morgan fingerprint density at radius 1 is 1.17 bits per heavy atom. The van der Waals surface area contributed by atoms with Crippen molar-refractivity contribution in [2.45, 2.75) is 13.0 Å². The van der Waals surface area contributed by atoms with E-state index in [9.17, 15) is 4.39 Å². The summed E-state index contributed by atoms with van der Waals surface area (Å²) in [5.41, 5.74) is 8.51. The van der Waals surface area contributed by atoms with Crippen LogP contribution in [0, 0.1) is 12.7 Å². The Hall–Kier alpha value is -0.900. The van der Waals surface area contributed by atoms with Gasteiger partial charge < -0.3 is 5.73 Å². The fraction of sp³-hybridized carbons (Fsp3) is 0.143. The highest BCUT2D eigenvalue weighted by molar-refractivity contribution is 9.10. The molecule has 4 heteroatoms. The van der Waals surface area contributed by atoms with Crippen LogP contribution in [-0.2, 0) is 0 Å². The van der Waals surface area contributed by atoms with Crippen molar-refractivity contribution < 1.29 is 4.39 Å². The van der Waals surface area contributed by atoms with Crippen LogP contribution in [0.25, 0.3) is 0 Å². The number of hydrogen-bond acceptors (Lipinski definition) is 1. The molecule has 0 aromatic heterocycles. The summed E-state index contributed by atoms with van der Waals surface area (Å²) in [5, 5.41) is 0.613. The molecule has 2 rings (SSSR count). The van der Waals surface area contributed by atoms with Crippen LogP contribution in [0.2, 0.25) is 5.02 Å². The predicted molar refractivity (Wildman–Crippen MR) is 76.3 cm³/mol. The summed E-state index contributed by atoms with van der Waals surface area (Å²) in [6, 6.07) is 10.2. The lowest BCUT2D eigenvalue weighted by atomic mass is 9.98. The molecule has 18 heavy (non-hydrogen) atoms. The van der Waals surface area contributed by atoms with Crippen molar-refractivity contribution in [3.05, 3.63) is 68.4 Å². The van der Waals surface area contributed by atoms with Gasteiger partial charge in [0, 0.05) is 4.47 Å². The highest BCUT2D eigenvalue weighted by Crippen LogP contribution is 2.28. The van der Waals surface area contributed by atoms with E-state index in [1.807, 2.05) is 18.2 Å². The Bertz CT molecular complexity index is 535. The number of nitrogens with two attached hydrogens (primary N) is 1. The standard InChI is InChI=1S/C14H12BrClFN/c1-8-6-9(3-5-13(8)17)14(18)10-2-4-11(15)12(16)7-10/h2-7,14H,18H2,1H3. The number of benzene rings is 2. The Labute approximate surface area is 119 Å². The van der Waals surface area contributed by atoms with Gasteiger partial charge in [-0.15, -0.1) is 0 Å². The van der Waals surface area contributed by atoms with Crippen LogP contribution >= 0.6 is 27.5 Å². The molecule has 2 aromatic carbocycles. The molecule has 1 atom stereocenters. The molecule has 0 saturated heterocycles. The third kappa shape index (κ3) is 2.74. The second-order valence-corrected chi connectivity index (χ2v) is 5.42. The van der Waals surface area contributed by atoms with Crippen molar-refractivity contribution in [1.82, 2.24) is 0 Å². The van der Waals surface area contributed by atoms with Gasteiger partial charge in [-0.25, -0.2) is 4.39 Å². The Morgan fingerprint density at radius 3 is 2.39 bits per heavy atom. The van der Waals surface area contributed by atoms with Crippen LogP contribution in [0.3, 0.4) is 0 Å². The summed E-state index contributed by atoms with van der Waals surface area (Å²) in [6.07, 6.45) is 0. The smallest absolute Gasteiger partial charge is 0.126 e. The van der Waals surface area contributed by atoms with Gasteiger partial charge in [0.1, 0.15) is 5.82 Å². The van der Waals surface area contributed by atoms with E-state index in [0.29, 0.717) is 10.6 Å². The molecule has 0 heterocycles. The zero-order valence-electron chi connectivity index (χ0n) is 9.75. The summed E-state index contributed by atoms with van der Waals surface area (Å²) in [5.74, 6) is -0.222. The zero-order chi connectivity index (χ0) is 13.3.